The lowest BCUT2D eigenvalue weighted by Gasteiger charge is -1.96. The van der Waals surface area contributed by atoms with Crippen LogP contribution in [0.4, 0.5) is 0 Å². The normalized spacial score (nSPS) is 12.6. The first-order valence-corrected chi connectivity index (χ1v) is 3.20. The van der Waals surface area contributed by atoms with Gasteiger partial charge in [-0.2, -0.15) is 17.9 Å². The molecule has 0 fully saturated rings. The van der Waals surface area contributed by atoms with Crippen molar-refractivity contribution in [3.63, 3.8) is 0 Å². The van der Waals surface area contributed by atoms with E-state index < -0.39 is 0 Å². The first kappa shape index (κ1) is 7.80. The van der Waals surface area contributed by atoms with Gasteiger partial charge in [-0.3, -0.25) is 0 Å². The van der Waals surface area contributed by atoms with Gasteiger partial charge in [0.25, 0.3) is 0 Å². The molecule has 0 aliphatic rings. The molecule has 0 aromatic carbocycles. The van der Waals surface area contributed by atoms with E-state index in [9.17, 15) is 0 Å². The van der Waals surface area contributed by atoms with Crippen molar-refractivity contribution in [2.75, 3.05) is 5.75 Å². The Labute approximate surface area is 55.1 Å². The molecule has 1 unspecified atom stereocenters. The lowest BCUT2D eigenvalue weighted by molar-refractivity contribution is 0.719. The van der Waals surface area contributed by atoms with Gasteiger partial charge in [-0.25, -0.2) is 0 Å². The van der Waals surface area contributed by atoms with Gasteiger partial charge >= 0.3 is 0 Å². The minimum absolute atomic E-state index is 0.290. The van der Waals surface area contributed by atoms with Gasteiger partial charge in [0.1, 0.15) is 0 Å². The summed E-state index contributed by atoms with van der Waals surface area (Å²) in [7, 11) is 0. The van der Waals surface area contributed by atoms with Gasteiger partial charge < -0.3 is 5.73 Å². The van der Waals surface area contributed by atoms with Crippen molar-refractivity contribution in [1.29, 1.82) is 5.26 Å². The summed E-state index contributed by atoms with van der Waals surface area (Å²) >= 11 is 3.97. The topological polar surface area (TPSA) is 49.8 Å². The van der Waals surface area contributed by atoms with Crippen LogP contribution in [0.3, 0.4) is 0 Å². The van der Waals surface area contributed by atoms with Gasteiger partial charge in [-0.15, -0.1) is 0 Å². The van der Waals surface area contributed by atoms with Crippen LogP contribution in [0, 0.1) is 11.3 Å². The van der Waals surface area contributed by atoms with Crippen LogP contribution >= 0.6 is 12.6 Å². The number of nitrogens with zero attached hydrogens (tertiary/aromatic N) is 1. The highest BCUT2D eigenvalue weighted by atomic mass is 32.1. The van der Waals surface area contributed by atoms with E-state index in [1.165, 1.54) is 0 Å². The summed E-state index contributed by atoms with van der Waals surface area (Å²) in [5.41, 5.74) is 5.26. The SMILES string of the molecule is N#CC(N)CCCS. The van der Waals surface area contributed by atoms with Crippen LogP contribution in [0.2, 0.25) is 0 Å². The highest BCUT2D eigenvalue weighted by Gasteiger charge is 1.95. The van der Waals surface area contributed by atoms with E-state index in [1.54, 1.807) is 0 Å². The molecule has 0 saturated carbocycles. The lowest BCUT2D eigenvalue weighted by Crippen LogP contribution is -2.16. The average molecular weight is 130 g/mol. The number of nitrogens with two attached hydrogens (primary N) is 1. The average Bonchev–Trinajstić information content (AvgIpc) is 1.83. The molecule has 3 heteroatoms. The van der Waals surface area contributed by atoms with Crippen LogP contribution in [-0.2, 0) is 0 Å². The van der Waals surface area contributed by atoms with E-state index in [2.05, 4.69) is 12.6 Å². The molecule has 0 saturated heterocycles. The maximum atomic E-state index is 8.16. The standard InChI is InChI=1S/C5H10N2S/c6-4-5(7)2-1-3-8/h5,8H,1-3,7H2. The molecule has 0 radical (unpaired) electrons. The Hall–Kier alpha value is -0.200. The molecule has 0 rings (SSSR count). The Morgan fingerprint density at radius 1 is 1.75 bits per heavy atom. The monoisotopic (exact) mass is 130 g/mol. The first-order chi connectivity index (χ1) is 3.81. The molecular formula is C5H10N2S. The fourth-order valence-electron chi connectivity index (χ4n) is 0.376. The summed E-state index contributed by atoms with van der Waals surface area (Å²) in [6.45, 7) is 0. The van der Waals surface area contributed by atoms with E-state index in [4.69, 9.17) is 11.0 Å². The van der Waals surface area contributed by atoms with Crippen LogP contribution in [0.5, 0.6) is 0 Å². The second-order valence-corrected chi connectivity index (χ2v) is 2.05. The van der Waals surface area contributed by atoms with Gasteiger partial charge in [0.2, 0.25) is 0 Å². The summed E-state index contributed by atoms with van der Waals surface area (Å²) < 4.78 is 0. The summed E-state index contributed by atoms with van der Waals surface area (Å²) in [5, 5.41) is 8.16. The van der Waals surface area contributed by atoms with Crippen molar-refractivity contribution in [2.45, 2.75) is 18.9 Å². The van der Waals surface area contributed by atoms with Gasteiger partial charge in [-0.1, -0.05) is 0 Å². The Morgan fingerprint density at radius 2 is 2.38 bits per heavy atom. The fourth-order valence-corrected chi connectivity index (χ4v) is 0.558. The zero-order valence-corrected chi connectivity index (χ0v) is 5.56. The van der Waals surface area contributed by atoms with Crippen molar-refractivity contribution in [3.05, 3.63) is 0 Å². The van der Waals surface area contributed by atoms with Crippen molar-refractivity contribution in [3.8, 4) is 6.07 Å². The third kappa shape index (κ3) is 3.97. The molecule has 0 aromatic rings. The van der Waals surface area contributed by atoms with Crippen LogP contribution in [0.1, 0.15) is 12.8 Å². The predicted octanol–water partition coefficient (Wildman–Crippen LogP) is 0.547. The zero-order chi connectivity index (χ0) is 6.41. The number of thiol groups is 1. The first-order valence-electron chi connectivity index (χ1n) is 2.57. The van der Waals surface area contributed by atoms with Crippen molar-refractivity contribution in [2.24, 2.45) is 5.73 Å². The van der Waals surface area contributed by atoms with Gasteiger partial charge in [-0.05, 0) is 18.6 Å². The fraction of sp³-hybridized carbons (Fsp3) is 0.800. The van der Waals surface area contributed by atoms with Crippen molar-refractivity contribution >= 4 is 12.6 Å². The maximum absolute atomic E-state index is 8.16. The Bertz CT molecular complexity index is 86.9. The molecule has 2 nitrogen and oxygen atoms in total. The third-order valence-electron chi connectivity index (χ3n) is 0.839. The second-order valence-electron chi connectivity index (χ2n) is 1.60. The molecule has 0 spiro atoms. The Balaban J connectivity index is 3.02. The molecular weight excluding hydrogens is 120 g/mol. The number of nitriles is 1. The molecule has 2 N–H and O–H groups in total. The summed E-state index contributed by atoms with van der Waals surface area (Å²) in [5.74, 6) is 0.815. The van der Waals surface area contributed by atoms with Crippen molar-refractivity contribution < 1.29 is 0 Å². The van der Waals surface area contributed by atoms with Gasteiger partial charge in [0.05, 0.1) is 12.1 Å². The largest absolute Gasteiger partial charge is 0.316 e. The summed E-state index contributed by atoms with van der Waals surface area (Å²) in [6.07, 6.45) is 1.69. The van der Waals surface area contributed by atoms with Crippen LogP contribution < -0.4 is 5.73 Å². The van der Waals surface area contributed by atoms with Gasteiger partial charge in [0, 0.05) is 0 Å². The molecule has 1 atom stereocenters. The zero-order valence-electron chi connectivity index (χ0n) is 4.67. The molecule has 46 valence electrons. The number of hydrogen-bond donors (Lipinski definition) is 2. The summed E-state index contributed by atoms with van der Waals surface area (Å²) in [6, 6.07) is 1.65. The highest BCUT2D eigenvalue weighted by molar-refractivity contribution is 7.80. The number of rotatable bonds is 3. The quantitative estimate of drug-likeness (QED) is 0.548. The minimum Gasteiger partial charge on any atom is -0.316 e. The predicted molar refractivity (Wildman–Crippen MR) is 36.7 cm³/mol. The maximum Gasteiger partial charge on any atom is 0.0928 e. The minimum atomic E-state index is -0.290. The Kier molecular flexibility index (Phi) is 4.82. The van der Waals surface area contributed by atoms with Gasteiger partial charge in [0.15, 0.2) is 0 Å². The third-order valence-corrected chi connectivity index (χ3v) is 1.16. The Morgan fingerprint density at radius 3 is 2.75 bits per heavy atom. The second kappa shape index (κ2) is 4.95. The molecule has 0 aliphatic heterocycles. The summed E-state index contributed by atoms with van der Waals surface area (Å²) in [4.78, 5) is 0. The van der Waals surface area contributed by atoms with E-state index in [-0.39, 0.29) is 6.04 Å². The van der Waals surface area contributed by atoms with E-state index in [0.717, 1.165) is 18.6 Å². The van der Waals surface area contributed by atoms with E-state index >= 15 is 0 Å². The van der Waals surface area contributed by atoms with Crippen molar-refractivity contribution in [1.82, 2.24) is 0 Å². The molecule has 0 heterocycles. The lowest BCUT2D eigenvalue weighted by atomic mass is 10.2. The molecule has 0 bridgehead atoms. The van der Waals surface area contributed by atoms with Crippen LogP contribution in [0.15, 0.2) is 0 Å². The number of hydrogen-bond acceptors (Lipinski definition) is 3. The molecule has 0 amide bonds. The molecule has 0 aliphatic carbocycles. The van der Waals surface area contributed by atoms with E-state index in [1.807, 2.05) is 6.07 Å². The highest BCUT2D eigenvalue weighted by Crippen LogP contribution is 1.93. The van der Waals surface area contributed by atoms with Crippen LogP contribution in [0.25, 0.3) is 0 Å². The van der Waals surface area contributed by atoms with Crippen LogP contribution in [-0.4, -0.2) is 11.8 Å². The molecule has 8 heavy (non-hydrogen) atoms. The van der Waals surface area contributed by atoms with E-state index in [0.29, 0.717) is 0 Å². The smallest absolute Gasteiger partial charge is 0.0928 e. The molecule has 0 aromatic heterocycles.